The highest BCUT2D eigenvalue weighted by molar-refractivity contribution is 6.21. The predicted octanol–water partition coefficient (Wildman–Crippen LogP) is 3.52. The van der Waals surface area contributed by atoms with E-state index in [1.165, 1.54) is 4.90 Å². The largest absolute Gasteiger partial charge is 0.497 e. The quantitative estimate of drug-likeness (QED) is 0.594. The Morgan fingerprint density at radius 3 is 1.97 bits per heavy atom. The molecular weight excluding hydrogens is 380 g/mol. The summed E-state index contributed by atoms with van der Waals surface area (Å²) in [6.07, 6.45) is 0.149. The summed E-state index contributed by atoms with van der Waals surface area (Å²) in [6, 6.07) is 23.0. The summed E-state index contributed by atoms with van der Waals surface area (Å²) >= 11 is 0. The summed E-state index contributed by atoms with van der Waals surface area (Å²) < 4.78 is 5.19. The highest BCUT2D eigenvalue weighted by Gasteiger charge is 2.37. The molecule has 1 heterocycles. The highest BCUT2D eigenvalue weighted by Crippen LogP contribution is 2.26. The number of anilines is 1. The van der Waals surface area contributed by atoms with Crippen LogP contribution in [0.5, 0.6) is 5.75 Å². The number of hydrogen-bond donors (Lipinski definition) is 0. The molecule has 0 saturated carbocycles. The van der Waals surface area contributed by atoms with Gasteiger partial charge in [0.15, 0.2) is 0 Å². The summed E-state index contributed by atoms with van der Waals surface area (Å²) in [7, 11) is 1.56. The van der Waals surface area contributed by atoms with E-state index < -0.39 is 11.8 Å². The third-order valence-electron chi connectivity index (χ3n) is 5.04. The van der Waals surface area contributed by atoms with Crippen LogP contribution in [0.1, 0.15) is 26.3 Å². The summed E-state index contributed by atoms with van der Waals surface area (Å²) in [6.45, 7) is -0.162. The molecule has 1 aliphatic rings. The number of fused-ring (bicyclic) bond motifs is 1. The first-order valence-electron chi connectivity index (χ1n) is 9.52. The van der Waals surface area contributed by atoms with E-state index >= 15 is 0 Å². The molecule has 4 rings (SSSR count). The smallest absolute Gasteiger partial charge is 0.263 e. The van der Waals surface area contributed by atoms with Crippen molar-refractivity contribution >= 4 is 23.4 Å². The zero-order valence-corrected chi connectivity index (χ0v) is 16.4. The molecule has 0 spiro atoms. The minimum absolute atomic E-state index is 0.149. The van der Waals surface area contributed by atoms with Gasteiger partial charge in [-0.3, -0.25) is 24.2 Å². The Labute approximate surface area is 174 Å². The van der Waals surface area contributed by atoms with Crippen molar-refractivity contribution in [3.05, 3.63) is 95.6 Å². The molecule has 30 heavy (non-hydrogen) atoms. The average molecular weight is 400 g/mol. The Hall–Kier alpha value is -3.93. The molecule has 0 unspecified atom stereocenters. The number of ether oxygens (including phenoxy) is 1. The highest BCUT2D eigenvalue weighted by atomic mass is 16.5. The number of carbonyl (C=O) groups is 3. The second-order valence-electron chi connectivity index (χ2n) is 6.91. The van der Waals surface area contributed by atoms with Crippen LogP contribution in [0, 0.1) is 0 Å². The minimum Gasteiger partial charge on any atom is -0.497 e. The van der Waals surface area contributed by atoms with Crippen molar-refractivity contribution < 1.29 is 19.1 Å². The maximum atomic E-state index is 13.2. The molecule has 6 nitrogen and oxygen atoms in total. The van der Waals surface area contributed by atoms with Gasteiger partial charge in [0.25, 0.3) is 11.8 Å². The van der Waals surface area contributed by atoms with Gasteiger partial charge < -0.3 is 4.74 Å². The van der Waals surface area contributed by atoms with Gasteiger partial charge in [-0.2, -0.15) is 0 Å². The molecule has 1 aliphatic heterocycles. The number of amides is 3. The van der Waals surface area contributed by atoms with Gasteiger partial charge in [0.2, 0.25) is 5.91 Å². The van der Waals surface area contributed by atoms with Gasteiger partial charge in [0.05, 0.1) is 24.7 Å². The van der Waals surface area contributed by atoms with E-state index in [1.807, 2.05) is 30.3 Å². The number of benzene rings is 3. The van der Waals surface area contributed by atoms with Gasteiger partial charge in [0, 0.05) is 5.69 Å². The molecule has 0 radical (unpaired) electrons. The van der Waals surface area contributed by atoms with Crippen molar-refractivity contribution in [2.24, 2.45) is 0 Å². The second-order valence-corrected chi connectivity index (χ2v) is 6.91. The molecule has 0 aromatic heterocycles. The molecule has 3 aromatic rings. The SMILES string of the molecule is COc1ccc(N(CN2C(=O)c3ccccc3C2=O)C(=O)Cc2ccccc2)cc1. The molecule has 0 saturated heterocycles. The van der Waals surface area contributed by atoms with E-state index in [0.717, 1.165) is 10.5 Å². The molecule has 3 amide bonds. The van der Waals surface area contributed by atoms with Crippen LogP contribution in [0.2, 0.25) is 0 Å². The molecule has 0 bridgehead atoms. The first-order chi connectivity index (χ1) is 14.6. The van der Waals surface area contributed by atoms with Crippen molar-refractivity contribution in [2.75, 3.05) is 18.7 Å². The van der Waals surface area contributed by atoms with Crippen molar-refractivity contribution in [1.82, 2.24) is 4.90 Å². The van der Waals surface area contributed by atoms with Crippen LogP contribution < -0.4 is 9.64 Å². The molecule has 0 fully saturated rings. The number of carbonyl (C=O) groups excluding carboxylic acids is 3. The first-order valence-corrected chi connectivity index (χ1v) is 9.52. The van der Waals surface area contributed by atoms with Gasteiger partial charge in [-0.25, -0.2) is 0 Å². The Balaban J connectivity index is 1.64. The Morgan fingerprint density at radius 1 is 0.833 bits per heavy atom. The number of rotatable bonds is 6. The van der Waals surface area contributed by atoms with Gasteiger partial charge in [-0.1, -0.05) is 42.5 Å². The van der Waals surface area contributed by atoms with Gasteiger partial charge in [-0.15, -0.1) is 0 Å². The monoisotopic (exact) mass is 400 g/mol. The molecule has 0 N–H and O–H groups in total. The summed E-state index contributed by atoms with van der Waals surface area (Å²) in [5, 5.41) is 0. The standard InChI is InChI=1S/C24H20N2O4/c1-30-19-13-11-18(12-14-19)25(22(27)15-17-7-3-2-4-8-17)16-26-23(28)20-9-5-6-10-21(20)24(26)29/h2-14H,15-16H2,1H3. The fraction of sp³-hybridized carbons (Fsp3) is 0.125. The molecule has 150 valence electrons. The van der Waals surface area contributed by atoms with E-state index in [4.69, 9.17) is 4.74 Å². The Morgan fingerprint density at radius 2 is 1.40 bits per heavy atom. The van der Waals surface area contributed by atoms with Gasteiger partial charge in [0.1, 0.15) is 12.4 Å². The topological polar surface area (TPSA) is 66.9 Å². The van der Waals surface area contributed by atoms with Crippen LogP contribution in [-0.2, 0) is 11.2 Å². The Bertz CT molecular complexity index is 1060. The van der Waals surface area contributed by atoms with Gasteiger partial charge >= 0.3 is 0 Å². The number of imide groups is 1. The maximum Gasteiger partial charge on any atom is 0.263 e. The van der Waals surface area contributed by atoms with E-state index in [9.17, 15) is 14.4 Å². The fourth-order valence-corrected chi connectivity index (χ4v) is 3.44. The molecule has 6 heteroatoms. The van der Waals surface area contributed by atoms with Crippen molar-refractivity contribution in [3.8, 4) is 5.75 Å². The summed E-state index contributed by atoms with van der Waals surface area (Å²) in [4.78, 5) is 41.4. The third kappa shape index (κ3) is 3.67. The van der Waals surface area contributed by atoms with E-state index in [0.29, 0.717) is 22.6 Å². The van der Waals surface area contributed by atoms with E-state index in [2.05, 4.69) is 0 Å². The van der Waals surface area contributed by atoms with Crippen LogP contribution in [0.15, 0.2) is 78.9 Å². The minimum atomic E-state index is -0.401. The lowest BCUT2D eigenvalue weighted by molar-refractivity contribution is -0.118. The fourth-order valence-electron chi connectivity index (χ4n) is 3.44. The van der Waals surface area contributed by atoms with E-state index in [1.54, 1.807) is 55.6 Å². The maximum absolute atomic E-state index is 13.2. The third-order valence-corrected chi connectivity index (χ3v) is 5.04. The van der Waals surface area contributed by atoms with Crippen molar-refractivity contribution in [1.29, 1.82) is 0 Å². The number of hydrogen-bond acceptors (Lipinski definition) is 4. The normalized spacial score (nSPS) is 12.6. The van der Waals surface area contributed by atoms with Crippen LogP contribution in [0.25, 0.3) is 0 Å². The van der Waals surface area contributed by atoms with Crippen molar-refractivity contribution in [2.45, 2.75) is 6.42 Å². The predicted molar refractivity (Wildman–Crippen MR) is 112 cm³/mol. The molecule has 0 atom stereocenters. The van der Waals surface area contributed by atoms with Crippen LogP contribution in [-0.4, -0.2) is 36.4 Å². The number of methoxy groups -OCH3 is 1. The molecule has 3 aromatic carbocycles. The average Bonchev–Trinajstić information content (AvgIpc) is 3.03. The summed E-state index contributed by atoms with van der Waals surface area (Å²) in [5.74, 6) is -0.374. The zero-order chi connectivity index (χ0) is 21.1. The zero-order valence-electron chi connectivity index (χ0n) is 16.4. The van der Waals surface area contributed by atoms with Gasteiger partial charge in [-0.05, 0) is 42.0 Å². The molecular formula is C24H20N2O4. The lowest BCUT2D eigenvalue weighted by Gasteiger charge is -2.27. The lowest BCUT2D eigenvalue weighted by Crippen LogP contribution is -2.45. The lowest BCUT2D eigenvalue weighted by atomic mass is 10.1. The van der Waals surface area contributed by atoms with Crippen LogP contribution in [0.4, 0.5) is 5.69 Å². The second kappa shape index (κ2) is 8.21. The Kier molecular flexibility index (Phi) is 5.30. The van der Waals surface area contributed by atoms with Crippen molar-refractivity contribution in [3.63, 3.8) is 0 Å². The van der Waals surface area contributed by atoms with Crippen LogP contribution in [0.3, 0.4) is 0 Å². The van der Waals surface area contributed by atoms with E-state index in [-0.39, 0.29) is 19.0 Å². The first kappa shape index (κ1) is 19.4. The summed E-state index contributed by atoms with van der Waals surface area (Å²) in [5.41, 5.74) is 2.14. The number of nitrogens with zero attached hydrogens (tertiary/aromatic N) is 2. The van der Waals surface area contributed by atoms with Crippen LogP contribution >= 0.6 is 0 Å². The molecule has 0 aliphatic carbocycles.